The van der Waals surface area contributed by atoms with E-state index >= 15 is 0 Å². The minimum Gasteiger partial charge on any atom is -0.299 e. The zero-order valence-electron chi connectivity index (χ0n) is 11.8. The van der Waals surface area contributed by atoms with Crippen molar-refractivity contribution in [3.05, 3.63) is 52.3 Å². The van der Waals surface area contributed by atoms with Gasteiger partial charge >= 0.3 is 0 Å². The van der Waals surface area contributed by atoms with Crippen molar-refractivity contribution < 1.29 is 4.79 Å². The van der Waals surface area contributed by atoms with Crippen LogP contribution in [-0.4, -0.2) is 12.5 Å². The van der Waals surface area contributed by atoms with Gasteiger partial charge in [-0.05, 0) is 29.9 Å². The molecule has 0 amide bonds. The fraction of sp³-hybridized carbons (Fsp3) is 0.312. The van der Waals surface area contributed by atoms with E-state index in [2.05, 4.69) is 39.0 Å². The van der Waals surface area contributed by atoms with Crippen LogP contribution in [0.5, 0.6) is 0 Å². The Morgan fingerprint density at radius 2 is 1.74 bits per heavy atom. The number of rotatable bonds is 5. The van der Waals surface area contributed by atoms with Crippen molar-refractivity contribution in [3.63, 3.8) is 0 Å². The van der Waals surface area contributed by atoms with Crippen molar-refractivity contribution in [3.8, 4) is 0 Å². The Hall–Kier alpha value is -0.930. The Kier molecular flexibility index (Phi) is 6.46. The molecule has 0 aromatic heterocycles. The number of thioether (sulfide) groups is 2. The van der Waals surface area contributed by atoms with Gasteiger partial charge < -0.3 is 0 Å². The third-order valence-corrected chi connectivity index (χ3v) is 4.21. The molecule has 0 heterocycles. The van der Waals surface area contributed by atoms with Crippen molar-refractivity contribution in [1.82, 2.24) is 0 Å². The molecule has 1 aromatic rings. The van der Waals surface area contributed by atoms with E-state index in [0.717, 1.165) is 16.1 Å². The highest BCUT2D eigenvalue weighted by molar-refractivity contribution is 8.08. The molecule has 3 heteroatoms. The lowest BCUT2D eigenvalue weighted by atomic mass is 9.96. The van der Waals surface area contributed by atoms with Crippen molar-refractivity contribution in [2.75, 3.05) is 6.26 Å². The quantitative estimate of drug-likeness (QED) is 0.323. The van der Waals surface area contributed by atoms with E-state index in [9.17, 15) is 4.79 Å². The summed E-state index contributed by atoms with van der Waals surface area (Å²) in [7, 11) is 0. The van der Waals surface area contributed by atoms with E-state index in [1.54, 1.807) is 29.6 Å². The molecule has 0 fully saturated rings. The van der Waals surface area contributed by atoms with Gasteiger partial charge in [0.1, 0.15) is 6.29 Å². The van der Waals surface area contributed by atoms with Crippen LogP contribution in [0.3, 0.4) is 0 Å². The first-order chi connectivity index (χ1) is 8.96. The first kappa shape index (κ1) is 16.1. The number of aldehydes is 1. The summed E-state index contributed by atoms with van der Waals surface area (Å²) in [5.74, 6) is 0. The predicted octanol–water partition coefficient (Wildman–Crippen LogP) is 5.15. The van der Waals surface area contributed by atoms with Crippen LogP contribution in [0, 0.1) is 5.41 Å². The maximum Gasteiger partial charge on any atom is 0.143 e. The minimum absolute atomic E-state index is 0.0782. The summed E-state index contributed by atoms with van der Waals surface area (Å²) in [6.07, 6.45) is 6.71. The number of carbonyl (C=O) groups excluding carboxylic acids is 1. The van der Waals surface area contributed by atoms with Crippen LogP contribution in [0.2, 0.25) is 0 Å². The Bertz CT molecular complexity index is 467. The summed E-state index contributed by atoms with van der Waals surface area (Å²) in [5.41, 5.74) is 0.0782. The average Bonchev–Trinajstić information content (AvgIpc) is 2.35. The third kappa shape index (κ3) is 6.17. The Labute approximate surface area is 124 Å². The summed E-state index contributed by atoms with van der Waals surface area (Å²) in [6, 6.07) is 10.2. The molecule has 19 heavy (non-hydrogen) atoms. The smallest absolute Gasteiger partial charge is 0.143 e. The highest BCUT2D eigenvalue weighted by Gasteiger charge is 2.13. The predicted molar refractivity (Wildman–Crippen MR) is 87.5 cm³/mol. The number of carbonyl (C=O) groups is 1. The van der Waals surface area contributed by atoms with Crippen LogP contribution in [0.15, 0.2) is 57.2 Å². The van der Waals surface area contributed by atoms with Gasteiger partial charge in [-0.1, -0.05) is 56.8 Å². The lowest BCUT2D eigenvalue weighted by Crippen LogP contribution is -2.01. The van der Waals surface area contributed by atoms with Crippen molar-refractivity contribution in [1.29, 1.82) is 0 Å². The first-order valence-corrected chi connectivity index (χ1v) is 8.16. The molecule has 1 rings (SSSR count). The van der Waals surface area contributed by atoms with E-state index in [1.165, 1.54) is 4.90 Å². The number of hydrogen-bond donors (Lipinski definition) is 0. The fourth-order valence-corrected chi connectivity index (χ4v) is 3.43. The summed E-state index contributed by atoms with van der Waals surface area (Å²) < 4.78 is 0. The van der Waals surface area contributed by atoms with Gasteiger partial charge in [-0.25, -0.2) is 0 Å². The van der Waals surface area contributed by atoms with Crippen LogP contribution in [0.1, 0.15) is 20.8 Å². The molecule has 0 spiro atoms. The molecule has 0 aliphatic rings. The van der Waals surface area contributed by atoms with Gasteiger partial charge in [0.15, 0.2) is 0 Å². The van der Waals surface area contributed by atoms with E-state index in [4.69, 9.17) is 0 Å². The van der Waals surface area contributed by atoms with Crippen molar-refractivity contribution in [2.45, 2.75) is 25.7 Å². The largest absolute Gasteiger partial charge is 0.299 e. The van der Waals surface area contributed by atoms with Crippen molar-refractivity contribution >= 4 is 29.8 Å². The highest BCUT2D eigenvalue weighted by Crippen LogP contribution is 2.38. The molecule has 0 atom stereocenters. The van der Waals surface area contributed by atoms with E-state index in [-0.39, 0.29) is 5.41 Å². The monoisotopic (exact) mass is 292 g/mol. The van der Waals surface area contributed by atoms with Gasteiger partial charge in [-0.15, -0.1) is 11.8 Å². The molecule has 0 unspecified atom stereocenters. The highest BCUT2D eigenvalue weighted by atomic mass is 32.2. The molecule has 0 aliphatic carbocycles. The second-order valence-corrected chi connectivity index (χ2v) is 7.12. The SMILES string of the molecule is CSC(=C\C=O)/C(=C\C(C)(C)C)Sc1ccccc1. The first-order valence-electron chi connectivity index (χ1n) is 6.12. The Balaban J connectivity index is 3.10. The molecule has 1 nitrogen and oxygen atoms in total. The Morgan fingerprint density at radius 1 is 1.11 bits per heavy atom. The van der Waals surface area contributed by atoms with Gasteiger partial charge in [0.25, 0.3) is 0 Å². The van der Waals surface area contributed by atoms with Crippen LogP contribution in [0.25, 0.3) is 0 Å². The van der Waals surface area contributed by atoms with Crippen LogP contribution in [0.4, 0.5) is 0 Å². The van der Waals surface area contributed by atoms with Gasteiger partial charge in [0, 0.05) is 14.7 Å². The molecule has 0 aliphatic heterocycles. The average molecular weight is 292 g/mol. The van der Waals surface area contributed by atoms with Crippen molar-refractivity contribution in [2.24, 2.45) is 5.41 Å². The summed E-state index contributed by atoms with van der Waals surface area (Å²) in [5, 5.41) is 0. The van der Waals surface area contributed by atoms with Gasteiger partial charge in [0.2, 0.25) is 0 Å². The molecule has 0 N–H and O–H groups in total. The number of benzene rings is 1. The lowest BCUT2D eigenvalue weighted by molar-refractivity contribution is -0.104. The van der Waals surface area contributed by atoms with E-state index in [1.807, 2.05) is 24.5 Å². The molecule has 0 radical (unpaired) electrons. The van der Waals surface area contributed by atoms with Gasteiger partial charge in [0.05, 0.1) is 0 Å². The summed E-state index contributed by atoms with van der Waals surface area (Å²) in [6.45, 7) is 6.49. The van der Waals surface area contributed by atoms with E-state index in [0.29, 0.717) is 0 Å². The van der Waals surface area contributed by atoms with Gasteiger partial charge in [-0.2, -0.15) is 0 Å². The van der Waals surface area contributed by atoms with Crippen LogP contribution >= 0.6 is 23.5 Å². The molecular weight excluding hydrogens is 272 g/mol. The molecule has 0 saturated carbocycles. The van der Waals surface area contributed by atoms with Crippen LogP contribution < -0.4 is 0 Å². The molecule has 1 aromatic carbocycles. The zero-order chi connectivity index (χ0) is 14.3. The topological polar surface area (TPSA) is 17.1 Å². The third-order valence-electron chi connectivity index (χ3n) is 2.22. The number of hydrogen-bond acceptors (Lipinski definition) is 3. The van der Waals surface area contributed by atoms with Gasteiger partial charge in [-0.3, -0.25) is 4.79 Å². The minimum atomic E-state index is 0.0782. The molecule has 0 saturated heterocycles. The zero-order valence-corrected chi connectivity index (χ0v) is 13.5. The summed E-state index contributed by atoms with van der Waals surface area (Å²) in [4.78, 5) is 14.1. The fourth-order valence-electron chi connectivity index (χ4n) is 1.47. The standard InChI is InChI=1S/C16H20OS2/c1-16(2,3)12-15(14(18-4)10-11-17)19-13-8-6-5-7-9-13/h5-12H,1-4H3/b14-10-,15-12+. The maximum absolute atomic E-state index is 10.8. The molecule has 0 bridgehead atoms. The van der Waals surface area contributed by atoms with Crippen LogP contribution in [-0.2, 0) is 4.79 Å². The summed E-state index contributed by atoms with van der Waals surface area (Å²) >= 11 is 3.30. The Morgan fingerprint density at radius 3 is 2.21 bits per heavy atom. The lowest BCUT2D eigenvalue weighted by Gasteiger charge is -2.17. The maximum atomic E-state index is 10.8. The second kappa shape index (κ2) is 7.61. The molecule has 102 valence electrons. The second-order valence-electron chi connectivity index (χ2n) is 5.16. The van der Waals surface area contributed by atoms with E-state index < -0.39 is 0 Å². The number of allylic oxidation sites excluding steroid dienone is 2. The molecular formula is C16H20OS2. The normalized spacial score (nSPS) is 13.5.